The Balaban J connectivity index is 1.57. The van der Waals surface area contributed by atoms with Crippen LogP contribution in [0.15, 0.2) is 12.2 Å². The quantitative estimate of drug-likeness (QED) is 0.0203. The van der Waals surface area contributed by atoms with E-state index in [4.69, 9.17) is 28.4 Å². The molecule has 0 aliphatic carbocycles. The number of allylic oxidation sites excluding steroid dienone is 1. The van der Waals surface area contributed by atoms with E-state index in [0.29, 0.717) is 12.8 Å². The van der Waals surface area contributed by atoms with Gasteiger partial charge in [0.1, 0.15) is 67.1 Å². The van der Waals surface area contributed by atoms with Gasteiger partial charge in [0.15, 0.2) is 12.6 Å². The minimum absolute atomic E-state index is 0.205. The Bertz CT molecular complexity index is 1940. The van der Waals surface area contributed by atoms with Crippen molar-refractivity contribution in [2.24, 2.45) is 0 Å². The molecule has 3 aliphatic heterocycles. The van der Waals surface area contributed by atoms with Crippen molar-refractivity contribution in [3.05, 3.63) is 12.2 Å². The van der Waals surface area contributed by atoms with Gasteiger partial charge in [-0.05, 0) is 19.3 Å². The summed E-state index contributed by atoms with van der Waals surface area (Å²) in [6.45, 7) is 2.17. The maximum atomic E-state index is 13.5. The van der Waals surface area contributed by atoms with Crippen LogP contribution in [0.5, 0.6) is 0 Å². The topological polar surface area (TPSA) is 373 Å². The van der Waals surface area contributed by atoms with E-state index in [0.717, 1.165) is 51.9 Å². The van der Waals surface area contributed by atoms with Crippen molar-refractivity contribution in [2.75, 3.05) is 26.4 Å². The van der Waals surface area contributed by atoms with Crippen LogP contribution in [0, 0.1) is 0 Å². The molecule has 94 heavy (non-hydrogen) atoms. The average molecular weight is 1350 g/mol. The monoisotopic (exact) mass is 1350 g/mol. The van der Waals surface area contributed by atoms with E-state index in [-0.39, 0.29) is 12.3 Å². The summed E-state index contributed by atoms with van der Waals surface area (Å²) in [7, 11) is 0. The number of carboxylic acids is 1. The predicted molar refractivity (Wildman–Crippen MR) is 357 cm³/mol. The van der Waals surface area contributed by atoms with Crippen molar-refractivity contribution < 1.29 is 104 Å². The lowest BCUT2D eigenvalue weighted by Gasteiger charge is -2.50. The average Bonchev–Trinajstić information content (AvgIpc) is 0.760. The second-order valence-corrected chi connectivity index (χ2v) is 27.2. The maximum Gasteiger partial charge on any atom is 0.364 e. The van der Waals surface area contributed by atoms with Crippen molar-refractivity contribution in [2.45, 2.75) is 394 Å². The Labute approximate surface area is 562 Å². The molecule has 18 unspecified atom stereocenters. The second-order valence-electron chi connectivity index (χ2n) is 27.2. The molecule has 552 valence electrons. The summed E-state index contributed by atoms with van der Waals surface area (Å²) in [6, 6.07) is -2.61. The van der Waals surface area contributed by atoms with E-state index in [1.807, 2.05) is 6.08 Å². The van der Waals surface area contributed by atoms with Gasteiger partial charge in [0, 0.05) is 19.8 Å². The summed E-state index contributed by atoms with van der Waals surface area (Å²) in [6.07, 6.45) is 22.5. The first kappa shape index (κ1) is 85.7. The fraction of sp³-hybridized carbons (Fsp3) is 0.930. The third-order valence-corrected chi connectivity index (χ3v) is 19.0. The van der Waals surface area contributed by atoms with Crippen molar-refractivity contribution >= 4 is 17.8 Å². The predicted octanol–water partition coefficient (Wildman–Crippen LogP) is 7.85. The number of aliphatic carboxylic acids is 1. The second kappa shape index (κ2) is 51.6. The number of hydrogen-bond acceptors (Lipinski definition) is 20. The number of amides is 2. The number of carboxylic acid groups (broad SMARTS) is 1. The lowest BCUT2D eigenvalue weighted by Crippen LogP contribution is -2.70. The number of hydrogen-bond donors (Lipinski definition) is 14. The molecule has 0 radical (unpaired) electrons. The van der Waals surface area contributed by atoms with Crippen LogP contribution in [-0.2, 0) is 42.8 Å². The zero-order valence-electron chi connectivity index (χ0n) is 57.8. The Kier molecular flexibility index (Phi) is 47.0. The molecule has 23 heteroatoms. The molecular weight excluding hydrogens is 1220 g/mol. The Hall–Kier alpha value is -2.53. The Morgan fingerprint density at radius 2 is 0.989 bits per heavy atom. The largest absolute Gasteiger partial charge is 0.477 e. The van der Waals surface area contributed by atoms with Crippen LogP contribution in [0.3, 0.4) is 0 Å². The van der Waals surface area contributed by atoms with Gasteiger partial charge in [-0.2, -0.15) is 0 Å². The van der Waals surface area contributed by atoms with Crippen molar-refractivity contribution in [1.29, 1.82) is 0 Å². The first-order valence-electron chi connectivity index (χ1n) is 37.1. The number of rotatable bonds is 57. The first-order valence-corrected chi connectivity index (χ1v) is 37.1. The lowest BCUT2D eigenvalue weighted by molar-refractivity contribution is -0.386. The molecule has 0 spiro atoms. The number of aliphatic hydroxyl groups excluding tert-OH is 11. The number of carbonyl (C=O) groups excluding carboxylic acids is 2. The van der Waals surface area contributed by atoms with Crippen LogP contribution in [0.1, 0.15) is 284 Å². The summed E-state index contributed by atoms with van der Waals surface area (Å²) in [5, 5.41) is 136. The SMILES string of the molecule is CCCCCCCCCCCCCCCCCC/C=C/C(O)C(COC1OC(CO)C(OC2OC(CO)C(O)C(OC3(C(=O)O)CC(O)C(NC(C)=O)C(C(O)C(O)CO)O3)C2O)C(O)C1O)NC(=O)CCCCCCCCCCCCCCCCCCCCCCCC. The summed E-state index contributed by atoms with van der Waals surface area (Å²) in [4.78, 5) is 38.6. The number of ether oxygens (including phenoxy) is 6. The van der Waals surface area contributed by atoms with E-state index >= 15 is 0 Å². The Morgan fingerprint density at radius 1 is 0.553 bits per heavy atom. The lowest BCUT2D eigenvalue weighted by atomic mass is 9.88. The molecule has 18 atom stereocenters. The first-order chi connectivity index (χ1) is 45.4. The number of carbonyl (C=O) groups is 3. The number of aliphatic hydroxyl groups is 11. The van der Waals surface area contributed by atoms with E-state index in [1.54, 1.807) is 6.08 Å². The van der Waals surface area contributed by atoms with Crippen LogP contribution >= 0.6 is 0 Å². The third-order valence-electron chi connectivity index (χ3n) is 19.0. The molecule has 0 aromatic carbocycles. The van der Waals surface area contributed by atoms with Crippen LogP contribution in [0.2, 0.25) is 0 Å². The molecule has 2 amide bonds. The molecule has 3 heterocycles. The van der Waals surface area contributed by atoms with Crippen LogP contribution in [0.25, 0.3) is 0 Å². The Morgan fingerprint density at radius 3 is 1.41 bits per heavy atom. The zero-order chi connectivity index (χ0) is 68.9. The highest BCUT2D eigenvalue weighted by molar-refractivity contribution is 5.77. The van der Waals surface area contributed by atoms with Gasteiger partial charge in [-0.1, -0.05) is 257 Å². The smallest absolute Gasteiger partial charge is 0.364 e. The molecule has 3 saturated heterocycles. The third kappa shape index (κ3) is 33.1. The fourth-order valence-electron chi connectivity index (χ4n) is 13.1. The standard InChI is InChI=1S/C71H132N2O21/c1-4-6-8-10-12-14-16-18-20-22-24-25-26-27-29-31-33-35-37-39-41-43-45-58(81)73-52(53(78)44-42-40-38-36-34-32-30-28-23-21-19-17-15-13-11-9-7-5-2)50-89-68-63(85)62(84)65(57(49-76)91-68)92-69-64(86)67(61(83)56(48-75)90-69)94-71(70(87)88)46-54(79)59(72-51(3)77)66(93-71)60(82)55(80)47-74/h42,44,52-57,59-69,74-76,78-80,82-86H,4-41,43,45-50H2,1-3H3,(H,72,77)(H,73,81)(H,87,88)/b44-42+. The molecule has 0 saturated carbocycles. The molecule has 14 N–H and O–H groups in total. The van der Waals surface area contributed by atoms with Crippen molar-refractivity contribution in [1.82, 2.24) is 10.6 Å². The van der Waals surface area contributed by atoms with Gasteiger partial charge >= 0.3 is 5.97 Å². The highest BCUT2D eigenvalue weighted by atomic mass is 16.8. The molecule has 3 fully saturated rings. The van der Waals surface area contributed by atoms with Crippen LogP contribution in [0.4, 0.5) is 0 Å². The van der Waals surface area contributed by atoms with E-state index in [1.165, 1.54) is 193 Å². The van der Waals surface area contributed by atoms with Crippen LogP contribution in [-0.4, -0.2) is 215 Å². The maximum absolute atomic E-state index is 13.5. The van der Waals surface area contributed by atoms with Gasteiger partial charge in [0.25, 0.3) is 5.79 Å². The zero-order valence-corrected chi connectivity index (χ0v) is 57.8. The van der Waals surface area contributed by atoms with E-state index in [9.17, 15) is 75.7 Å². The van der Waals surface area contributed by atoms with Gasteiger partial charge in [-0.3, -0.25) is 9.59 Å². The molecular formula is C71H132N2O21. The summed E-state index contributed by atoms with van der Waals surface area (Å²) in [5.41, 5.74) is 0. The van der Waals surface area contributed by atoms with E-state index in [2.05, 4.69) is 24.5 Å². The molecule has 23 nitrogen and oxygen atoms in total. The molecule has 3 aliphatic rings. The van der Waals surface area contributed by atoms with Crippen molar-refractivity contribution in [3.8, 4) is 0 Å². The van der Waals surface area contributed by atoms with Gasteiger partial charge < -0.3 is 100 Å². The molecule has 3 rings (SSSR count). The highest BCUT2D eigenvalue weighted by Crippen LogP contribution is 2.39. The van der Waals surface area contributed by atoms with Crippen molar-refractivity contribution in [3.63, 3.8) is 0 Å². The van der Waals surface area contributed by atoms with Gasteiger partial charge in [-0.25, -0.2) is 4.79 Å². The van der Waals surface area contributed by atoms with Gasteiger partial charge in [0.05, 0.1) is 50.7 Å². The number of nitrogens with one attached hydrogen (secondary N) is 2. The van der Waals surface area contributed by atoms with E-state index < -0.39 is 155 Å². The summed E-state index contributed by atoms with van der Waals surface area (Å²) < 4.78 is 34.8. The van der Waals surface area contributed by atoms with Gasteiger partial charge in [0.2, 0.25) is 11.8 Å². The minimum Gasteiger partial charge on any atom is -0.477 e. The molecule has 0 bridgehead atoms. The van der Waals surface area contributed by atoms with Gasteiger partial charge in [-0.15, -0.1) is 0 Å². The van der Waals surface area contributed by atoms with Crippen LogP contribution < -0.4 is 10.6 Å². The fourth-order valence-corrected chi connectivity index (χ4v) is 13.1. The normalized spacial score (nSPS) is 27.9. The minimum atomic E-state index is -3.08. The number of unbranched alkanes of at least 4 members (excludes halogenated alkanes) is 37. The summed E-state index contributed by atoms with van der Waals surface area (Å²) >= 11 is 0. The summed E-state index contributed by atoms with van der Waals surface area (Å²) in [5.74, 6) is -6.13. The highest BCUT2D eigenvalue weighted by Gasteiger charge is 2.60. The molecule has 0 aromatic rings. The molecule has 0 aromatic heterocycles.